The average Bonchev–Trinajstić information content (AvgIpc) is 2.57. The molecule has 1 aromatic carbocycles. The number of halogens is 3. The third kappa shape index (κ3) is 4.00. The van der Waals surface area contributed by atoms with E-state index < -0.39 is 11.4 Å². The minimum Gasteiger partial charge on any atom is -0.381 e. The molecule has 2 fully saturated rings. The normalized spacial score (nSPS) is 23.5. The summed E-state index contributed by atoms with van der Waals surface area (Å²) in [5, 5.41) is 0.0503. The molecule has 0 aromatic heterocycles. The Morgan fingerprint density at radius 1 is 1.33 bits per heavy atom. The van der Waals surface area contributed by atoms with Crippen molar-refractivity contribution in [3.8, 4) is 0 Å². The SMILES string of the molecule is Cl.NC1(C(=O)N2CCOC(c3ccc(F)c(Cl)c3)C2)CCOCC1. The smallest absolute Gasteiger partial charge is 0.243 e. The summed E-state index contributed by atoms with van der Waals surface area (Å²) in [4.78, 5) is 14.5. The Balaban J connectivity index is 0.00000208. The Morgan fingerprint density at radius 3 is 2.71 bits per heavy atom. The molecule has 0 radical (unpaired) electrons. The molecule has 0 spiro atoms. The molecular weight excluding hydrogens is 358 g/mol. The van der Waals surface area contributed by atoms with Gasteiger partial charge >= 0.3 is 0 Å². The van der Waals surface area contributed by atoms with E-state index in [4.69, 9.17) is 26.8 Å². The number of benzene rings is 1. The molecule has 5 nitrogen and oxygen atoms in total. The summed E-state index contributed by atoms with van der Waals surface area (Å²) in [6, 6.07) is 4.49. The van der Waals surface area contributed by atoms with Crippen molar-refractivity contribution in [2.45, 2.75) is 24.5 Å². The quantitative estimate of drug-likeness (QED) is 0.857. The van der Waals surface area contributed by atoms with E-state index in [1.807, 2.05) is 0 Å². The molecule has 2 aliphatic heterocycles. The summed E-state index contributed by atoms with van der Waals surface area (Å²) in [5.74, 6) is -0.537. The second-order valence-electron chi connectivity index (χ2n) is 6.05. The van der Waals surface area contributed by atoms with Crippen LogP contribution in [-0.2, 0) is 14.3 Å². The van der Waals surface area contributed by atoms with Gasteiger partial charge in [-0.25, -0.2) is 4.39 Å². The van der Waals surface area contributed by atoms with Gasteiger partial charge in [0, 0.05) is 19.8 Å². The molecule has 2 N–H and O–H groups in total. The number of hydrogen-bond donors (Lipinski definition) is 1. The van der Waals surface area contributed by atoms with Gasteiger partial charge in [0.15, 0.2) is 0 Å². The van der Waals surface area contributed by atoms with Gasteiger partial charge in [-0.2, -0.15) is 0 Å². The lowest BCUT2D eigenvalue weighted by Gasteiger charge is -2.40. The zero-order valence-corrected chi connectivity index (χ0v) is 14.7. The summed E-state index contributed by atoms with van der Waals surface area (Å²) in [7, 11) is 0. The molecule has 0 saturated carbocycles. The zero-order chi connectivity index (χ0) is 16.4. The van der Waals surface area contributed by atoms with Gasteiger partial charge in [0.05, 0.1) is 23.7 Å². The lowest BCUT2D eigenvalue weighted by molar-refractivity contribution is -0.148. The van der Waals surface area contributed by atoms with Crippen molar-refractivity contribution in [1.82, 2.24) is 4.90 Å². The molecule has 0 aliphatic carbocycles. The molecular formula is C16H21Cl2FN2O3. The standard InChI is InChI=1S/C16H20ClFN2O3.ClH/c17-12-9-11(1-2-13(12)18)14-10-20(5-8-23-14)15(21)16(19)3-6-22-7-4-16;/h1-2,9,14H,3-8,10,19H2;1H. The number of hydrogen-bond acceptors (Lipinski definition) is 4. The van der Waals surface area contributed by atoms with Crippen LogP contribution in [0.4, 0.5) is 4.39 Å². The highest BCUT2D eigenvalue weighted by Crippen LogP contribution is 2.28. The van der Waals surface area contributed by atoms with Crippen LogP contribution < -0.4 is 5.73 Å². The number of morpholine rings is 1. The van der Waals surface area contributed by atoms with Gasteiger partial charge in [-0.1, -0.05) is 17.7 Å². The molecule has 24 heavy (non-hydrogen) atoms. The van der Waals surface area contributed by atoms with Crippen molar-refractivity contribution in [1.29, 1.82) is 0 Å². The van der Waals surface area contributed by atoms with Crippen LogP contribution in [-0.4, -0.2) is 49.3 Å². The van der Waals surface area contributed by atoms with Crippen LogP contribution in [0.2, 0.25) is 5.02 Å². The molecule has 2 heterocycles. The van der Waals surface area contributed by atoms with Crippen LogP contribution in [0.3, 0.4) is 0 Å². The van der Waals surface area contributed by atoms with Gasteiger partial charge in [0.25, 0.3) is 0 Å². The minimum atomic E-state index is -0.861. The van der Waals surface area contributed by atoms with E-state index in [2.05, 4.69) is 0 Å². The Labute approximate surface area is 151 Å². The Morgan fingerprint density at radius 2 is 2.04 bits per heavy atom. The topological polar surface area (TPSA) is 64.8 Å². The third-order valence-corrected chi connectivity index (χ3v) is 4.77. The maximum atomic E-state index is 13.3. The molecule has 3 rings (SSSR count). The van der Waals surface area contributed by atoms with E-state index >= 15 is 0 Å². The van der Waals surface area contributed by atoms with Crippen molar-refractivity contribution in [3.05, 3.63) is 34.6 Å². The fourth-order valence-electron chi connectivity index (χ4n) is 3.01. The molecule has 2 saturated heterocycles. The zero-order valence-electron chi connectivity index (χ0n) is 13.2. The molecule has 1 aromatic rings. The van der Waals surface area contributed by atoms with Gasteiger partial charge in [-0.3, -0.25) is 4.79 Å². The summed E-state index contributed by atoms with van der Waals surface area (Å²) < 4.78 is 24.3. The van der Waals surface area contributed by atoms with Gasteiger partial charge < -0.3 is 20.1 Å². The highest BCUT2D eigenvalue weighted by Gasteiger charge is 2.40. The molecule has 134 valence electrons. The van der Waals surface area contributed by atoms with E-state index in [1.165, 1.54) is 6.07 Å². The van der Waals surface area contributed by atoms with E-state index in [9.17, 15) is 9.18 Å². The van der Waals surface area contributed by atoms with Crippen LogP contribution in [0.25, 0.3) is 0 Å². The van der Waals surface area contributed by atoms with E-state index in [-0.39, 0.29) is 29.4 Å². The number of rotatable bonds is 2. The molecule has 2 aliphatic rings. The van der Waals surface area contributed by atoms with Crippen LogP contribution in [0.15, 0.2) is 18.2 Å². The fourth-order valence-corrected chi connectivity index (χ4v) is 3.20. The van der Waals surface area contributed by atoms with Gasteiger partial charge in [-0.15, -0.1) is 12.4 Å². The first-order valence-electron chi connectivity index (χ1n) is 7.72. The van der Waals surface area contributed by atoms with Crippen LogP contribution in [0, 0.1) is 5.82 Å². The number of nitrogens with two attached hydrogens (primary N) is 1. The predicted molar refractivity (Wildman–Crippen MR) is 90.9 cm³/mol. The minimum absolute atomic E-state index is 0. The number of nitrogens with zero attached hydrogens (tertiary/aromatic N) is 1. The van der Waals surface area contributed by atoms with Crippen molar-refractivity contribution < 1.29 is 18.7 Å². The molecule has 1 atom stereocenters. The molecule has 8 heteroatoms. The third-order valence-electron chi connectivity index (χ3n) is 4.48. The number of ether oxygens (including phenoxy) is 2. The predicted octanol–water partition coefficient (Wildman–Crippen LogP) is 2.31. The number of carbonyl (C=O) groups is 1. The molecule has 0 bridgehead atoms. The first-order valence-corrected chi connectivity index (χ1v) is 8.10. The second kappa shape index (κ2) is 7.97. The summed E-state index contributed by atoms with van der Waals surface area (Å²) in [5.41, 5.74) is 6.17. The Bertz CT molecular complexity index is 597. The van der Waals surface area contributed by atoms with Crippen molar-refractivity contribution in [3.63, 3.8) is 0 Å². The van der Waals surface area contributed by atoms with Crippen molar-refractivity contribution in [2.75, 3.05) is 32.9 Å². The summed E-state index contributed by atoms with van der Waals surface area (Å²) >= 11 is 5.83. The van der Waals surface area contributed by atoms with Crippen LogP contribution in [0.1, 0.15) is 24.5 Å². The Hall–Kier alpha value is -0.920. The molecule has 1 amide bonds. The maximum Gasteiger partial charge on any atom is 0.243 e. The van der Waals surface area contributed by atoms with Crippen LogP contribution in [0.5, 0.6) is 0 Å². The van der Waals surface area contributed by atoms with Gasteiger partial charge in [0.1, 0.15) is 11.9 Å². The van der Waals surface area contributed by atoms with Gasteiger partial charge in [-0.05, 0) is 30.5 Å². The largest absolute Gasteiger partial charge is 0.381 e. The number of carbonyl (C=O) groups excluding carboxylic acids is 1. The average molecular weight is 379 g/mol. The summed E-state index contributed by atoms with van der Waals surface area (Å²) in [6.45, 7) is 2.32. The van der Waals surface area contributed by atoms with Crippen LogP contribution >= 0.6 is 24.0 Å². The van der Waals surface area contributed by atoms with E-state index in [0.717, 1.165) is 5.56 Å². The van der Waals surface area contributed by atoms with E-state index in [0.29, 0.717) is 45.8 Å². The fraction of sp³-hybridized carbons (Fsp3) is 0.562. The van der Waals surface area contributed by atoms with Crippen molar-refractivity contribution >= 4 is 29.9 Å². The first kappa shape index (κ1) is 19.4. The second-order valence-corrected chi connectivity index (χ2v) is 6.46. The highest BCUT2D eigenvalue weighted by molar-refractivity contribution is 6.30. The highest BCUT2D eigenvalue weighted by atomic mass is 35.5. The van der Waals surface area contributed by atoms with Gasteiger partial charge in [0.2, 0.25) is 5.91 Å². The van der Waals surface area contributed by atoms with Crippen molar-refractivity contribution in [2.24, 2.45) is 5.73 Å². The molecule has 1 unspecified atom stereocenters. The first-order chi connectivity index (χ1) is 11.0. The summed E-state index contributed by atoms with van der Waals surface area (Å²) in [6.07, 6.45) is 0.723. The lowest BCUT2D eigenvalue weighted by atomic mass is 9.89. The lowest BCUT2D eigenvalue weighted by Crippen LogP contribution is -2.60. The maximum absolute atomic E-state index is 13.3. The van der Waals surface area contributed by atoms with E-state index in [1.54, 1.807) is 17.0 Å². The number of amides is 1. The Kier molecular flexibility index (Phi) is 6.45. The monoisotopic (exact) mass is 378 g/mol.